The van der Waals surface area contributed by atoms with Gasteiger partial charge in [-0.1, -0.05) is 282 Å². The molecule has 6 heteroatoms. The minimum absolute atomic E-state index is 0.0940. The summed E-state index contributed by atoms with van der Waals surface area (Å²) in [6, 6.07) is 0. The third-order valence-corrected chi connectivity index (χ3v) is 13.8. The Morgan fingerprint density at radius 3 is 0.691 bits per heavy atom. The molecule has 1 unspecified atom stereocenters. The van der Waals surface area contributed by atoms with E-state index < -0.39 is 6.10 Å². The van der Waals surface area contributed by atoms with Crippen LogP contribution in [-0.2, 0) is 28.6 Å². The molecule has 0 fully saturated rings. The molecular weight excluding hydrogens is 997 g/mol. The van der Waals surface area contributed by atoms with Crippen LogP contribution in [0.25, 0.3) is 0 Å². The predicted octanol–water partition coefficient (Wildman–Crippen LogP) is 23.1. The van der Waals surface area contributed by atoms with Crippen molar-refractivity contribution in [3.05, 3.63) is 146 Å². The van der Waals surface area contributed by atoms with Gasteiger partial charge in [-0.25, -0.2) is 0 Å². The zero-order chi connectivity index (χ0) is 58.5. The summed E-state index contributed by atoms with van der Waals surface area (Å²) in [4.78, 5) is 38.4. The highest BCUT2D eigenvalue weighted by molar-refractivity contribution is 5.71. The number of allylic oxidation sites excluding steroid dienone is 24. The number of carbonyl (C=O) groups excluding carboxylic acids is 3. The van der Waals surface area contributed by atoms with Gasteiger partial charge in [0.25, 0.3) is 0 Å². The van der Waals surface area contributed by atoms with E-state index in [0.29, 0.717) is 19.3 Å². The highest BCUT2D eigenvalue weighted by atomic mass is 16.6. The second-order valence-electron chi connectivity index (χ2n) is 21.6. The van der Waals surface area contributed by atoms with Crippen LogP contribution in [0.2, 0.25) is 0 Å². The molecule has 0 radical (unpaired) electrons. The first-order valence-corrected chi connectivity index (χ1v) is 33.3. The molecule has 0 saturated heterocycles. The van der Waals surface area contributed by atoms with Gasteiger partial charge in [-0.2, -0.15) is 0 Å². The summed E-state index contributed by atoms with van der Waals surface area (Å²) < 4.78 is 16.9. The number of rotatable bonds is 59. The Hall–Kier alpha value is -4.71. The molecule has 0 rings (SSSR count). The van der Waals surface area contributed by atoms with E-state index in [2.05, 4.69) is 167 Å². The fraction of sp³-hybridized carbons (Fsp3) is 0.640. The van der Waals surface area contributed by atoms with Crippen molar-refractivity contribution < 1.29 is 28.6 Å². The number of unbranched alkanes of at least 4 members (excludes halogenated alkanes) is 24. The lowest BCUT2D eigenvalue weighted by Gasteiger charge is -2.18. The summed E-state index contributed by atoms with van der Waals surface area (Å²) in [7, 11) is 0. The van der Waals surface area contributed by atoms with Gasteiger partial charge in [0.2, 0.25) is 0 Å². The highest BCUT2D eigenvalue weighted by Crippen LogP contribution is 2.16. The van der Waals surface area contributed by atoms with Crippen molar-refractivity contribution in [3.8, 4) is 0 Å². The number of esters is 3. The zero-order valence-electron chi connectivity index (χ0n) is 52.5. The van der Waals surface area contributed by atoms with E-state index >= 15 is 0 Å². The quantitative estimate of drug-likeness (QED) is 0.0261. The van der Waals surface area contributed by atoms with Gasteiger partial charge in [-0.05, 0) is 135 Å². The lowest BCUT2D eigenvalue weighted by atomic mass is 10.0. The zero-order valence-corrected chi connectivity index (χ0v) is 52.5. The third kappa shape index (κ3) is 66.0. The van der Waals surface area contributed by atoms with Gasteiger partial charge in [0.1, 0.15) is 13.2 Å². The van der Waals surface area contributed by atoms with Gasteiger partial charge in [0.15, 0.2) is 6.10 Å². The number of hydrogen-bond acceptors (Lipinski definition) is 6. The number of hydrogen-bond donors (Lipinski definition) is 0. The van der Waals surface area contributed by atoms with Crippen molar-refractivity contribution in [2.45, 2.75) is 297 Å². The van der Waals surface area contributed by atoms with Crippen LogP contribution < -0.4 is 0 Å². The average Bonchev–Trinajstić information content (AvgIpc) is 3.47. The topological polar surface area (TPSA) is 78.9 Å². The molecule has 0 heterocycles. The molecule has 0 aromatic carbocycles. The Bertz CT molecular complexity index is 1760. The Kier molecular flexibility index (Phi) is 63.9. The van der Waals surface area contributed by atoms with Crippen molar-refractivity contribution in [1.82, 2.24) is 0 Å². The van der Waals surface area contributed by atoms with Crippen LogP contribution in [0.3, 0.4) is 0 Å². The number of carbonyl (C=O) groups is 3. The van der Waals surface area contributed by atoms with Crippen molar-refractivity contribution >= 4 is 17.9 Å². The van der Waals surface area contributed by atoms with Crippen LogP contribution in [-0.4, -0.2) is 37.2 Å². The molecule has 0 bridgehead atoms. The van der Waals surface area contributed by atoms with E-state index in [9.17, 15) is 14.4 Å². The first kappa shape index (κ1) is 76.3. The van der Waals surface area contributed by atoms with Gasteiger partial charge in [-0.3, -0.25) is 14.4 Å². The van der Waals surface area contributed by atoms with E-state index in [1.54, 1.807) is 0 Å². The third-order valence-electron chi connectivity index (χ3n) is 13.8. The van der Waals surface area contributed by atoms with Gasteiger partial charge < -0.3 is 14.2 Å². The first-order chi connectivity index (χ1) is 40.0. The first-order valence-electron chi connectivity index (χ1n) is 33.3. The molecule has 0 saturated carbocycles. The van der Waals surface area contributed by atoms with Crippen molar-refractivity contribution in [2.24, 2.45) is 0 Å². The second kappa shape index (κ2) is 67.8. The average molecular weight is 1120 g/mol. The molecule has 0 N–H and O–H groups in total. The van der Waals surface area contributed by atoms with E-state index in [-0.39, 0.29) is 31.1 Å². The summed E-state index contributed by atoms with van der Waals surface area (Å²) in [5.74, 6) is -0.923. The molecule has 0 aliphatic rings. The summed E-state index contributed by atoms with van der Waals surface area (Å²) in [6.45, 7) is 6.29. The fourth-order valence-electron chi connectivity index (χ4n) is 8.95. The van der Waals surface area contributed by atoms with Gasteiger partial charge in [0, 0.05) is 19.3 Å². The molecule has 0 spiro atoms. The van der Waals surface area contributed by atoms with Crippen molar-refractivity contribution in [2.75, 3.05) is 13.2 Å². The van der Waals surface area contributed by atoms with Crippen LogP contribution >= 0.6 is 0 Å². The van der Waals surface area contributed by atoms with E-state index in [4.69, 9.17) is 14.2 Å². The maximum absolute atomic E-state index is 12.9. The largest absolute Gasteiger partial charge is 0.462 e. The summed E-state index contributed by atoms with van der Waals surface area (Å²) in [6.07, 6.45) is 97.2. The van der Waals surface area contributed by atoms with Crippen LogP contribution in [0.15, 0.2) is 146 Å². The summed E-state index contributed by atoms with van der Waals surface area (Å²) in [5, 5.41) is 0. The minimum Gasteiger partial charge on any atom is -0.462 e. The molecule has 81 heavy (non-hydrogen) atoms. The Balaban J connectivity index is 4.35. The Labute approximate surface area is 499 Å². The van der Waals surface area contributed by atoms with Gasteiger partial charge in [0.05, 0.1) is 0 Å². The SMILES string of the molecule is CC/C=C\C/C=C\C/C=C\C/C=C\C/C=C\CCCCCCCCCCCCCCCC(=O)OCC(COC(=O)CCCCCCC/C=C\C/C=C\C/C=C\CC)OC(=O)CCCCCCCC/C=C\C/C=C\C/C=C\C/C=C\CC. The summed E-state index contributed by atoms with van der Waals surface area (Å²) >= 11 is 0. The molecule has 0 aromatic rings. The number of ether oxygens (including phenoxy) is 3. The van der Waals surface area contributed by atoms with Crippen LogP contribution in [0.1, 0.15) is 290 Å². The van der Waals surface area contributed by atoms with Gasteiger partial charge >= 0.3 is 17.9 Å². The maximum Gasteiger partial charge on any atom is 0.306 e. The molecule has 0 aliphatic heterocycles. The molecule has 0 aliphatic carbocycles. The van der Waals surface area contributed by atoms with Crippen molar-refractivity contribution in [3.63, 3.8) is 0 Å². The lowest BCUT2D eigenvalue weighted by molar-refractivity contribution is -0.167. The smallest absolute Gasteiger partial charge is 0.306 e. The Morgan fingerprint density at radius 2 is 0.444 bits per heavy atom. The van der Waals surface area contributed by atoms with E-state index in [1.165, 1.54) is 83.5 Å². The van der Waals surface area contributed by atoms with Gasteiger partial charge in [-0.15, -0.1) is 0 Å². The minimum atomic E-state index is -0.801. The van der Waals surface area contributed by atoms with Crippen LogP contribution in [0.5, 0.6) is 0 Å². The normalized spacial score (nSPS) is 13.1. The molecule has 0 amide bonds. The fourth-order valence-corrected chi connectivity index (χ4v) is 8.95. The van der Waals surface area contributed by atoms with Crippen LogP contribution in [0, 0.1) is 0 Å². The molecule has 6 nitrogen and oxygen atoms in total. The monoisotopic (exact) mass is 1120 g/mol. The maximum atomic E-state index is 12.9. The standard InChI is InChI=1S/C75H122O6/c1-4-7-10-13-16-19-22-25-28-30-32-33-34-35-36-37-38-39-40-41-43-44-47-50-53-56-59-62-65-68-74(77)80-71-72(70-79-73(76)67-64-61-58-55-52-49-46-27-24-21-18-15-12-9-6-3)81-75(78)69-66-63-60-57-54-51-48-45-42-31-29-26-23-20-17-14-11-8-5-2/h7-12,16-21,25-29,32-33,35-36,42,45-46,72H,4-6,13-15,22-24,30-31,34,37-41,43-44,47-71H2,1-3H3/b10-7-,11-8-,12-9-,19-16-,20-17-,21-18-,28-25-,29-26-,33-32-,36-35-,45-42-,46-27-. The molecule has 0 aromatic heterocycles. The van der Waals surface area contributed by atoms with Crippen LogP contribution in [0.4, 0.5) is 0 Å². The predicted molar refractivity (Wildman–Crippen MR) is 352 cm³/mol. The summed E-state index contributed by atoms with van der Waals surface area (Å²) in [5.41, 5.74) is 0. The van der Waals surface area contributed by atoms with E-state index in [0.717, 1.165) is 167 Å². The highest BCUT2D eigenvalue weighted by Gasteiger charge is 2.19. The van der Waals surface area contributed by atoms with E-state index in [1.807, 2.05) is 0 Å². The van der Waals surface area contributed by atoms with Crippen molar-refractivity contribution in [1.29, 1.82) is 0 Å². The lowest BCUT2D eigenvalue weighted by Crippen LogP contribution is -2.30. The molecule has 1 atom stereocenters. The molecular formula is C75H122O6. The molecule has 458 valence electrons. The Morgan fingerprint density at radius 1 is 0.247 bits per heavy atom. The second-order valence-corrected chi connectivity index (χ2v) is 21.6.